The second-order valence-corrected chi connectivity index (χ2v) is 8.48. The maximum absolute atomic E-state index is 13.7. The normalized spacial score (nSPS) is 18.6. The fourth-order valence-electron chi connectivity index (χ4n) is 4.20. The van der Waals surface area contributed by atoms with Gasteiger partial charge in [0.15, 0.2) is 5.82 Å². The highest BCUT2D eigenvalue weighted by Crippen LogP contribution is 2.30. The van der Waals surface area contributed by atoms with Crippen LogP contribution in [0.25, 0.3) is 11.4 Å². The molecule has 0 aliphatic carbocycles. The highest BCUT2D eigenvalue weighted by atomic mass is 19.4. The molecule has 1 fully saturated rings. The van der Waals surface area contributed by atoms with E-state index in [1.807, 2.05) is 24.0 Å². The first-order valence-corrected chi connectivity index (χ1v) is 11.1. The average molecular weight is 470 g/mol. The lowest BCUT2D eigenvalue weighted by Crippen LogP contribution is -2.51. The maximum Gasteiger partial charge on any atom is 0.419 e. The SMILES string of the molecule is Cc1ccc(C(=O)N2CCC[C@@H](C)[C@H]2CNc2ncc(C(F)(F)F)cn2)c(-c2ncccn2)c1. The van der Waals surface area contributed by atoms with Crippen LogP contribution in [0.4, 0.5) is 19.1 Å². The third-order valence-electron chi connectivity index (χ3n) is 6.04. The molecule has 10 heteroatoms. The zero-order valence-electron chi connectivity index (χ0n) is 18.9. The van der Waals surface area contributed by atoms with Crippen molar-refractivity contribution in [1.82, 2.24) is 24.8 Å². The van der Waals surface area contributed by atoms with Crippen LogP contribution in [-0.2, 0) is 6.18 Å². The van der Waals surface area contributed by atoms with E-state index in [9.17, 15) is 18.0 Å². The third-order valence-corrected chi connectivity index (χ3v) is 6.04. The van der Waals surface area contributed by atoms with Gasteiger partial charge in [0, 0.05) is 43.4 Å². The van der Waals surface area contributed by atoms with Crippen molar-refractivity contribution in [3.05, 3.63) is 65.7 Å². The summed E-state index contributed by atoms with van der Waals surface area (Å²) in [4.78, 5) is 31.7. The first kappa shape index (κ1) is 23.6. The quantitative estimate of drug-likeness (QED) is 0.586. The molecule has 4 rings (SSSR count). The van der Waals surface area contributed by atoms with Gasteiger partial charge in [-0.05, 0) is 43.9 Å². The van der Waals surface area contributed by atoms with Crippen molar-refractivity contribution in [2.75, 3.05) is 18.4 Å². The van der Waals surface area contributed by atoms with Gasteiger partial charge in [-0.3, -0.25) is 4.79 Å². The summed E-state index contributed by atoms with van der Waals surface area (Å²) in [6, 6.07) is 7.12. The van der Waals surface area contributed by atoms with Crippen LogP contribution < -0.4 is 5.32 Å². The number of hydrogen-bond acceptors (Lipinski definition) is 6. The minimum atomic E-state index is -4.49. The van der Waals surface area contributed by atoms with Gasteiger partial charge in [0.05, 0.1) is 17.2 Å². The molecule has 2 atom stereocenters. The molecule has 0 unspecified atom stereocenters. The summed E-state index contributed by atoms with van der Waals surface area (Å²) >= 11 is 0. The van der Waals surface area contributed by atoms with E-state index in [0.717, 1.165) is 30.8 Å². The van der Waals surface area contributed by atoms with E-state index in [0.29, 0.717) is 30.0 Å². The number of benzene rings is 1. The Morgan fingerprint density at radius 3 is 2.53 bits per heavy atom. The van der Waals surface area contributed by atoms with Crippen LogP contribution in [0.5, 0.6) is 0 Å². The van der Waals surface area contributed by atoms with Crippen molar-refractivity contribution >= 4 is 11.9 Å². The van der Waals surface area contributed by atoms with E-state index >= 15 is 0 Å². The van der Waals surface area contributed by atoms with Crippen LogP contribution in [0, 0.1) is 12.8 Å². The van der Waals surface area contributed by atoms with Crippen molar-refractivity contribution in [2.24, 2.45) is 5.92 Å². The summed E-state index contributed by atoms with van der Waals surface area (Å²) in [7, 11) is 0. The van der Waals surface area contributed by atoms with Crippen molar-refractivity contribution in [3.8, 4) is 11.4 Å². The second-order valence-electron chi connectivity index (χ2n) is 8.48. The molecule has 0 bridgehead atoms. The van der Waals surface area contributed by atoms with E-state index in [-0.39, 0.29) is 23.8 Å². The van der Waals surface area contributed by atoms with Crippen LogP contribution in [0.3, 0.4) is 0 Å². The van der Waals surface area contributed by atoms with Gasteiger partial charge in [-0.25, -0.2) is 19.9 Å². The zero-order valence-corrected chi connectivity index (χ0v) is 18.9. The molecule has 1 amide bonds. The number of aromatic nitrogens is 4. The number of carbonyl (C=O) groups excluding carboxylic acids is 1. The Hall–Kier alpha value is -3.56. The molecule has 178 valence electrons. The Kier molecular flexibility index (Phi) is 6.76. The van der Waals surface area contributed by atoms with Crippen LogP contribution in [0.2, 0.25) is 0 Å². The molecule has 1 saturated heterocycles. The van der Waals surface area contributed by atoms with E-state index < -0.39 is 11.7 Å². The standard InChI is InChI=1S/C24H25F3N6O/c1-15-6-7-18(19(11-15)21-28-8-4-9-29-21)22(34)33-10-3-5-16(2)20(33)14-32-23-30-12-17(13-31-23)24(25,26)27/h4,6-9,11-13,16,20H,3,5,10,14H2,1-2H3,(H,30,31,32)/t16-,20-/m1/s1. The van der Waals surface area contributed by atoms with Crippen LogP contribution in [-0.4, -0.2) is 49.9 Å². The van der Waals surface area contributed by atoms with E-state index in [4.69, 9.17) is 0 Å². The number of nitrogens with zero attached hydrogens (tertiary/aromatic N) is 5. The number of alkyl halides is 3. The van der Waals surface area contributed by atoms with Gasteiger partial charge >= 0.3 is 6.18 Å². The summed E-state index contributed by atoms with van der Waals surface area (Å²) in [5.41, 5.74) is 1.27. The number of hydrogen-bond donors (Lipinski definition) is 1. The van der Waals surface area contributed by atoms with Crippen molar-refractivity contribution in [2.45, 2.75) is 38.9 Å². The van der Waals surface area contributed by atoms with Gasteiger partial charge in [0.1, 0.15) is 0 Å². The van der Waals surface area contributed by atoms with Crippen LogP contribution in [0.1, 0.15) is 41.3 Å². The van der Waals surface area contributed by atoms with Crippen LogP contribution in [0.15, 0.2) is 49.1 Å². The van der Waals surface area contributed by atoms with Gasteiger partial charge in [-0.1, -0.05) is 18.6 Å². The molecule has 0 saturated carbocycles. The number of halogens is 3. The minimum Gasteiger partial charge on any atom is -0.352 e. The lowest BCUT2D eigenvalue weighted by molar-refractivity contribution is -0.138. The molecule has 1 aliphatic heterocycles. The van der Waals surface area contributed by atoms with E-state index in [2.05, 4.69) is 32.2 Å². The first-order chi connectivity index (χ1) is 16.2. The number of nitrogens with one attached hydrogen (secondary N) is 1. The number of amides is 1. The summed E-state index contributed by atoms with van der Waals surface area (Å²) < 4.78 is 38.3. The monoisotopic (exact) mass is 470 g/mol. The Labute approximate surface area is 195 Å². The van der Waals surface area contributed by atoms with Crippen LogP contribution >= 0.6 is 0 Å². The van der Waals surface area contributed by atoms with Crippen molar-refractivity contribution < 1.29 is 18.0 Å². The molecule has 3 heterocycles. The molecule has 34 heavy (non-hydrogen) atoms. The van der Waals surface area contributed by atoms with Gasteiger partial charge in [0.25, 0.3) is 5.91 Å². The zero-order chi connectivity index (χ0) is 24.3. The third kappa shape index (κ3) is 5.16. The predicted octanol–water partition coefficient (Wildman–Crippen LogP) is 4.61. The Bertz CT molecular complexity index is 1140. The topological polar surface area (TPSA) is 83.9 Å². The number of carbonyl (C=O) groups is 1. The van der Waals surface area contributed by atoms with Gasteiger partial charge < -0.3 is 10.2 Å². The smallest absolute Gasteiger partial charge is 0.352 e. The van der Waals surface area contributed by atoms with Crippen molar-refractivity contribution in [1.29, 1.82) is 0 Å². The molecule has 7 nitrogen and oxygen atoms in total. The largest absolute Gasteiger partial charge is 0.419 e. The fraction of sp³-hybridized carbons (Fsp3) is 0.375. The molecule has 0 radical (unpaired) electrons. The minimum absolute atomic E-state index is 0.0897. The molecule has 1 aliphatic rings. The number of likely N-dealkylation sites (tertiary alicyclic amines) is 1. The Balaban J connectivity index is 1.56. The average Bonchev–Trinajstić information content (AvgIpc) is 2.83. The molecule has 0 spiro atoms. The van der Waals surface area contributed by atoms with E-state index in [1.165, 1.54) is 0 Å². The van der Waals surface area contributed by atoms with E-state index in [1.54, 1.807) is 24.5 Å². The number of piperidine rings is 1. The summed E-state index contributed by atoms with van der Waals surface area (Å²) in [6.45, 7) is 4.91. The second kappa shape index (κ2) is 9.74. The van der Waals surface area contributed by atoms with Gasteiger partial charge in [0.2, 0.25) is 5.95 Å². The van der Waals surface area contributed by atoms with Gasteiger partial charge in [-0.15, -0.1) is 0 Å². The molecule has 3 aromatic rings. The lowest BCUT2D eigenvalue weighted by atomic mass is 9.89. The molecule has 1 aromatic carbocycles. The predicted molar refractivity (Wildman–Crippen MR) is 121 cm³/mol. The number of rotatable bonds is 5. The summed E-state index contributed by atoms with van der Waals surface area (Å²) in [5.74, 6) is 0.620. The fourth-order valence-corrected chi connectivity index (χ4v) is 4.20. The Morgan fingerprint density at radius 2 is 1.85 bits per heavy atom. The summed E-state index contributed by atoms with van der Waals surface area (Å²) in [6.07, 6.45) is 2.09. The van der Waals surface area contributed by atoms with Crippen molar-refractivity contribution in [3.63, 3.8) is 0 Å². The Morgan fingerprint density at radius 1 is 1.15 bits per heavy atom. The highest BCUT2D eigenvalue weighted by molar-refractivity contribution is 6.00. The molecule has 2 aromatic heterocycles. The molecular formula is C24H25F3N6O. The highest BCUT2D eigenvalue weighted by Gasteiger charge is 2.34. The number of anilines is 1. The lowest BCUT2D eigenvalue weighted by Gasteiger charge is -2.40. The molecular weight excluding hydrogens is 445 g/mol. The van der Waals surface area contributed by atoms with Gasteiger partial charge in [-0.2, -0.15) is 13.2 Å². The number of aryl methyl sites for hydroxylation is 1. The molecule has 1 N–H and O–H groups in total. The summed E-state index contributed by atoms with van der Waals surface area (Å²) in [5, 5.41) is 3.01. The first-order valence-electron chi connectivity index (χ1n) is 11.1. The maximum atomic E-state index is 13.7.